The summed E-state index contributed by atoms with van der Waals surface area (Å²) in [6.07, 6.45) is 12.4. The molecule has 0 aliphatic heterocycles. The lowest BCUT2D eigenvalue weighted by atomic mass is 9.84. The molecule has 0 unspecified atom stereocenters. The maximum absolute atomic E-state index is 9.05. The molecule has 29 heavy (non-hydrogen) atoms. The molecule has 1 N–H and O–H groups in total. The van der Waals surface area contributed by atoms with Crippen molar-refractivity contribution in [3.63, 3.8) is 0 Å². The van der Waals surface area contributed by atoms with Crippen LogP contribution in [-0.4, -0.2) is 35.7 Å². The number of nitrogens with one attached hydrogen (secondary N) is 1. The van der Waals surface area contributed by atoms with Crippen LogP contribution in [0.1, 0.15) is 38.1 Å². The largest absolute Gasteiger partial charge is 0.346 e. The van der Waals surface area contributed by atoms with Gasteiger partial charge >= 0.3 is 0 Å². The molecule has 0 amide bonds. The van der Waals surface area contributed by atoms with Crippen molar-refractivity contribution in [2.45, 2.75) is 43.3 Å². The number of nitriles is 1. The smallest absolute Gasteiger partial charge is 0.187 e. The van der Waals surface area contributed by atoms with E-state index in [-0.39, 0.29) is 0 Å². The van der Waals surface area contributed by atoms with Crippen LogP contribution in [0.15, 0.2) is 35.9 Å². The molecule has 4 heterocycles. The number of pyridine rings is 1. The first kappa shape index (κ1) is 18.1. The summed E-state index contributed by atoms with van der Waals surface area (Å²) in [4.78, 5) is 21.7. The van der Waals surface area contributed by atoms with E-state index in [1.807, 2.05) is 24.7 Å². The summed E-state index contributed by atoms with van der Waals surface area (Å²) in [5, 5.41) is 10.9. The summed E-state index contributed by atoms with van der Waals surface area (Å²) in [7, 11) is 0. The lowest BCUT2D eigenvalue weighted by Gasteiger charge is -2.29. The second-order valence-corrected chi connectivity index (χ2v) is 8.28. The minimum absolute atomic E-state index is 0.332. The molecule has 1 aliphatic carbocycles. The third kappa shape index (κ3) is 3.15. The topological polar surface area (TPSA) is 96.1 Å². The maximum Gasteiger partial charge on any atom is 0.187 e. The highest BCUT2D eigenvalue weighted by Gasteiger charge is 2.27. The Kier molecular flexibility index (Phi) is 4.68. The first-order valence-electron chi connectivity index (χ1n) is 9.87. The first-order chi connectivity index (χ1) is 14.3. The Morgan fingerprint density at radius 2 is 2.07 bits per heavy atom. The molecule has 0 saturated heterocycles. The quantitative estimate of drug-likeness (QED) is 0.391. The second kappa shape index (κ2) is 7.48. The Balaban J connectivity index is 1.68. The molecular weight excluding hydrogens is 382 g/mol. The Morgan fingerprint density at radius 1 is 1.21 bits per heavy atom. The normalized spacial score (nSPS) is 19.6. The summed E-state index contributed by atoms with van der Waals surface area (Å²) in [6, 6.07) is 6.67. The van der Waals surface area contributed by atoms with E-state index >= 15 is 0 Å². The van der Waals surface area contributed by atoms with Gasteiger partial charge in [-0.3, -0.25) is 0 Å². The fourth-order valence-electron chi connectivity index (χ4n) is 4.43. The van der Waals surface area contributed by atoms with Gasteiger partial charge in [-0.05, 0) is 50.0 Å². The van der Waals surface area contributed by atoms with Crippen LogP contribution in [0, 0.1) is 17.2 Å². The molecule has 8 heteroatoms. The Morgan fingerprint density at radius 3 is 2.86 bits per heavy atom. The number of thioether (sulfide) groups is 1. The third-order valence-corrected chi connectivity index (χ3v) is 6.40. The molecule has 7 nitrogen and oxygen atoms in total. The van der Waals surface area contributed by atoms with Crippen molar-refractivity contribution in [3.05, 3.63) is 30.7 Å². The predicted octanol–water partition coefficient (Wildman–Crippen LogP) is 4.74. The van der Waals surface area contributed by atoms with E-state index in [0.717, 1.165) is 64.4 Å². The molecule has 5 rings (SSSR count). The van der Waals surface area contributed by atoms with E-state index in [0.29, 0.717) is 18.4 Å². The number of H-pyrrole nitrogens is 1. The van der Waals surface area contributed by atoms with Gasteiger partial charge in [-0.25, -0.2) is 19.9 Å². The molecule has 4 aromatic rings. The Labute approximate surface area is 172 Å². The van der Waals surface area contributed by atoms with Crippen molar-refractivity contribution in [1.82, 2.24) is 29.5 Å². The van der Waals surface area contributed by atoms with Crippen molar-refractivity contribution in [1.29, 1.82) is 5.26 Å². The summed E-state index contributed by atoms with van der Waals surface area (Å²) in [5.41, 5.74) is 3.70. The van der Waals surface area contributed by atoms with E-state index < -0.39 is 0 Å². The van der Waals surface area contributed by atoms with Gasteiger partial charge in [0.25, 0.3) is 0 Å². The fourth-order valence-corrected chi connectivity index (χ4v) is 4.78. The number of aromatic nitrogens is 6. The van der Waals surface area contributed by atoms with Gasteiger partial charge < -0.3 is 9.55 Å². The first-order valence-corrected chi connectivity index (χ1v) is 11.1. The predicted molar refractivity (Wildman–Crippen MR) is 113 cm³/mol. The van der Waals surface area contributed by atoms with Gasteiger partial charge in [0, 0.05) is 30.2 Å². The van der Waals surface area contributed by atoms with E-state index in [9.17, 15) is 0 Å². The highest BCUT2D eigenvalue weighted by molar-refractivity contribution is 7.98. The molecular formula is C21H21N7S. The summed E-state index contributed by atoms with van der Waals surface area (Å²) >= 11 is 1.53. The summed E-state index contributed by atoms with van der Waals surface area (Å²) < 4.78 is 2.36. The van der Waals surface area contributed by atoms with Gasteiger partial charge in [0.1, 0.15) is 16.9 Å². The highest BCUT2D eigenvalue weighted by atomic mass is 32.2. The minimum atomic E-state index is 0.332. The van der Waals surface area contributed by atoms with Crippen LogP contribution in [0.2, 0.25) is 0 Å². The second-order valence-electron chi connectivity index (χ2n) is 7.50. The number of hydrogen-bond acceptors (Lipinski definition) is 6. The van der Waals surface area contributed by atoms with Crippen molar-refractivity contribution in [2.24, 2.45) is 5.92 Å². The van der Waals surface area contributed by atoms with Crippen LogP contribution in [0.5, 0.6) is 0 Å². The lowest BCUT2D eigenvalue weighted by Crippen LogP contribution is -2.19. The molecule has 0 spiro atoms. The molecule has 1 aliphatic rings. The van der Waals surface area contributed by atoms with Crippen LogP contribution in [0.25, 0.3) is 33.6 Å². The van der Waals surface area contributed by atoms with Gasteiger partial charge in [0.05, 0.1) is 17.8 Å². The van der Waals surface area contributed by atoms with Gasteiger partial charge in [-0.2, -0.15) is 5.26 Å². The van der Waals surface area contributed by atoms with E-state index in [4.69, 9.17) is 15.2 Å². The molecule has 4 aromatic heterocycles. The molecule has 1 saturated carbocycles. The summed E-state index contributed by atoms with van der Waals surface area (Å²) in [6.45, 7) is 0. The molecule has 0 bridgehead atoms. The van der Waals surface area contributed by atoms with Crippen molar-refractivity contribution >= 4 is 33.8 Å². The highest BCUT2D eigenvalue weighted by Crippen LogP contribution is 2.39. The zero-order valence-corrected chi connectivity index (χ0v) is 17.0. The Hall–Kier alpha value is -2.92. The van der Waals surface area contributed by atoms with Crippen LogP contribution in [0.4, 0.5) is 0 Å². The standard InChI is InChI=1S/C21H21N7S/c1-29-21-24-11-8-16(27-21)20-26-17-12-25-19-15(7-10-23-19)18(17)28(20)14-4-2-13(3-5-14)6-9-22/h7-8,10-14H,2-6H2,1H3,(H,23,25). The number of imidazole rings is 1. The molecule has 146 valence electrons. The van der Waals surface area contributed by atoms with Crippen molar-refractivity contribution in [3.8, 4) is 17.6 Å². The molecule has 0 atom stereocenters. The average molecular weight is 404 g/mol. The van der Waals surface area contributed by atoms with Crippen molar-refractivity contribution < 1.29 is 0 Å². The third-order valence-electron chi connectivity index (χ3n) is 5.84. The Bertz CT molecular complexity index is 1210. The van der Waals surface area contributed by atoms with Gasteiger partial charge in [-0.15, -0.1) is 0 Å². The monoisotopic (exact) mass is 403 g/mol. The maximum atomic E-state index is 9.05. The molecule has 0 aromatic carbocycles. The number of rotatable bonds is 4. The SMILES string of the molecule is CSc1nccc(-c2nc3cnc4[nH]ccc4c3n2C2CCC(CC#N)CC2)n1. The summed E-state index contributed by atoms with van der Waals surface area (Å²) in [5.74, 6) is 1.38. The number of fused-ring (bicyclic) bond motifs is 3. The van der Waals surface area contributed by atoms with Crippen LogP contribution in [0.3, 0.4) is 0 Å². The van der Waals surface area contributed by atoms with E-state index in [1.165, 1.54) is 11.8 Å². The fraction of sp³-hybridized carbons (Fsp3) is 0.381. The van der Waals surface area contributed by atoms with E-state index in [1.54, 1.807) is 6.20 Å². The number of nitrogens with zero attached hydrogens (tertiary/aromatic N) is 6. The number of hydrogen-bond donors (Lipinski definition) is 1. The van der Waals surface area contributed by atoms with Gasteiger partial charge in [-0.1, -0.05) is 11.8 Å². The van der Waals surface area contributed by atoms with Crippen molar-refractivity contribution in [2.75, 3.05) is 6.26 Å². The lowest BCUT2D eigenvalue weighted by molar-refractivity contribution is 0.283. The number of aromatic amines is 1. The minimum Gasteiger partial charge on any atom is -0.346 e. The van der Waals surface area contributed by atoms with Gasteiger partial charge in [0.2, 0.25) is 0 Å². The zero-order chi connectivity index (χ0) is 19.8. The van der Waals surface area contributed by atoms with E-state index in [2.05, 4.69) is 31.7 Å². The van der Waals surface area contributed by atoms with Gasteiger partial charge in [0.15, 0.2) is 11.0 Å². The molecule has 0 radical (unpaired) electrons. The zero-order valence-electron chi connectivity index (χ0n) is 16.2. The van der Waals surface area contributed by atoms with Crippen LogP contribution < -0.4 is 0 Å². The van der Waals surface area contributed by atoms with Crippen LogP contribution >= 0.6 is 11.8 Å². The molecule has 1 fully saturated rings. The van der Waals surface area contributed by atoms with Crippen LogP contribution in [-0.2, 0) is 0 Å². The average Bonchev–Trinajstić information content (AvgIpc) is 3.39.